The summed E-state index contributed by atoms with van der Waals surface area (Å²) in [6.07, 6.45) is -0.0949. The topological polar surface area (TPSA) is 85.6 Å². The molecule has 2 aromatic rings. The number of benzene rings is 2. The number of ketones is 1. The SMILES string of the molecule is CCOc1cc(C#N)cc(Br)c1OC(=O)Cc1cc(C(C)=O)ccc1OC. The van der Waals surface area contributed by atoms with Gasteiger partial charge in [0.1, 0.15) is 5.75 Å². The Labute approximate surface area is 165 Å². The fourth-order valence-corrected chi connectivity index (χ4v) is 2.96. The van der Waals surface area contributed by atoms with Gasteiger partial charge >= 0.3 is 5.97 Å². The zero-order chi connectivity index (χ0) is 20.0. The number of esters is 1. The summed E-state index contributed by atoms with van der Waals surface area (Å²) >= 11 is 3.30. The van der Waals surface area contributed by atoms with Gasteiger partial charge in [0, 0.05) is 17.2 Å². The number of carbonyl (C=O) groups excluding carboxylic acids is 2. The van der Waals surface area contributed by atoms with Gasteiger partial charge in [0.15, 0.2) is 17.3 Å². The quantitative estimate of drug-likeness (QED) is 0.373. The van der Waals surface area contributed by atoms with E-state index in [4.69, 9.17) is 19.5 Å². The molecule has 0 aliphatic carbocycles. The number of halogens is 1. The van der Waals surface area contributed by atoms with Crippen LogP contribution in [0.15, 0.2) is 34.8 Å². The van der Waals surface area contributed by atoms with Gasteiger partial charge in [-0.3, -0.25) is 9.59 Å². The monoisotopic (exact) mass is 431 g/mol. The fourth-order valence-electron chi connectivity index (χ4n) is 2.44. The predicted molar refractivity (Wildman–Crippen MR) is 102 cm³/mol. The molecule has 6 nitrogen and oxygen atoms in total. The van der Waals surface area contributed by atoms with E-state index in [1.807, 2.05) is 6.07 Å². The summed E-state index contributed by atoms with van der Waals surface area (Å²) < 4.78 is 16.6. The van der Waals surface area contributed by atoms with Gasteiger partial charge in [-0.25, -0.2) is 0 Å². The standard InChI is InChI=1S/C20H18BrNO5/c1-4-26-18-8-13(11-22)7-16(21)20(18)27-19(24)10-15-9-14(12(2)23)5-6-17(15)25-3/h5-9H,4,10H2,1-3H3. The number of nitrogens with zero attached hydrogens (tertiary/aromatic N) is 1. The van der Waals surface area contributed by atoms with Crippen molar-refractivity contribution in [3.8, 4) is 23.3 Å². The maximum atomic E-state index is 12.5. The van der Waals surface area contributed by atoms with Gasteiger partial charge in [0.05, 0.1) is 36.2 Å². The molecule has 0 N–H and O–H groups in total. The van der Waals surface area contributed by atoms with E-state index in [-0.39, 0.29) is 18.0 Å². The average molecular weight is 432 g/mol. The Kier molecular flexibility index (Phi) is 6.97. The third kappa shape index (κ3) is 5.08. The van der Waals surface area contributed by atoms with Gasteiger partial charge in [-0.15, -0.1) is 0 Å². The first-order valence-electron chi connectivity index (χ1n) is 8.14. The molecule has 0 amide bonds. The van der Waals surface area contributed by atoms with Gasteiger partial charge in [0.2, 0.25) is 0 Å². The number of nitriles is 1. The van der Waals surface area contributed by atoms with Crippen LogP contribution in [0, 0.1) is 11.3 Å². The lowest BCUT2D eigenvalue weighted by Crippen LogP contribution is -2.14. The Morgan fingerprint density at radius 2 is 1.93 bits per heavy atom. The lowest BCUT2D eigenvalue weighted by molar-refractivity contribution is -0.133. The van der Waals surface area contributed by atoms with Crippen LogP contribution in [-0.4, -0.2) is 25.5 Å². The van der Waals surface area contributed by atoms with E-state index in [9.17, 15) is 9.59 Å². The van der Waals surface area contributed by atoms with Crippen LogP contribution in [-0.2, 0) is 11.2 Å². The first-order valence-corrected chi connectivity index (χ1v) is 8.93. The fraction of sp³-hybridized carbons (Fsp3) is 0.250. The smallest absolute Gasteiger partial charge is 0.315 e. The van der Waals surface area contributed by atoms with Crippen molar-refractivity contribution in [2.45, 2.75) is 20.3 Å². The van der Waals surface area contributed by atoms with E-state index in [0.29, 0.717) is 39.3 Å². The Balaban J connectivity index is 2.30. The summed E-state index contributed by atoms with van der Waals surface area (Å²) in [5, 5.41) is 9.08. The normalized spacial score (nSPS) is 10.0. The first-order chi connectivity index (χ1) is 12.9. The second kappa shape index (κ2) is 9.19. The molecule has 0 bridgehead atoms. The van der Waals surface area contributed by atoms with Crippen molar-refractivity contribution in [2.75, 3.05) is 13.7 Å². The Hall–Kier alpha value is -2.85. The number of methoxy groups -OCH3 is 1. The highest BCUT2D eigenvalue weighted by Crippen LogP contribution is 2.37. The molecule has 0 radical (unpaired) electrons. The van der Waals surface area contributed by atoms with Crippen molar-refractivity contribution < 1.29 is 23.8 Å². The first kappa shape index (κ1) is 20.5. The Bertz CT molecular complexity index is 917. The van der Waals surface area contributed by atoms with Gasteiger partial charge in [-0.05, 0) is 54.0 Å². The van der Waals surface area contributed by atoms with E-state index in [2.05, 4.69) is 15.9 Å². The van der Waals surface area contributed by atoms with Crippen LogP contribution in [0.25, 0.3) is 0 Å². The summed E-state index contributed by atoms with van der Waals surface area (Å²) in [5.74, 6) is 0.311. The van der Waals surface area contributed by atoms with Crippen molar-refractivity contribution in [1.29, 1.82) is 5.26 Å². The lowest BCUT2D eigenvalue weighted by atomic mass is 10.0. The molecule has 0 atom stereocenters. The summed E-state index contributed by atoms with van der Waals surface area (Å²) in [5.41, 5.74) is 1.40. The predicted octanol–water partition coefficient (Wildman–Crippen LogP) is 4.08. The van der Waals surface area contributed by atoms with Crippen molar-refractivity contribution in [2.24, 2.45) is 0 Å². The Morgan fingerprint density at radius 1 is 1.19 bits per heavy atom. The lowest BCUT2D eigenvalue weighted by Gasteiger charge is -2.14. The molecule has 0 aliphatic heterocycles. The number of hydrogen-bond acceptors (Lipinski definition) is 6. The van der Waals surface area contributed by atoms with Crippen LogP contribution >= 0.6 is 15.9 Å². The summed E-state index contributed by atoms with van der Waals surface area (Å²) in [6, 6.07) is 9.96. The average Bonchev–Trinajstić information content (AvgIpc) is 2.64. The zero-order valence-corrected chi connectivity index (χ0v) is 16.8. The molecule has 7 heteroatoms. The maximum absolute atomic E-state index is 12.5. The molecule has 0 saturated carbocycles. The van der Waals surface area contributed by atoms with Crippen LogP contribution in [0.3, 0.4) is 0 Å². The minimum absolute atomic E-state index is 0.0949. The molecule has 27 heavy (non-hydrogen) atoms. The number of rotatable bonds is 7. The molecule has 0 aromatic heterocycles. The minimum Gasteiger partial charge on any atom is -0.496 e. The third-order valence-electron chi connectivity index (χ3n) is 3.68. The third-order valence-corrected chi connectivity index (χ3v) is 4.27. The molecule has 2 aromatic carbocycles. The van der Waals surface area contributed by atoms with E-state index < -0.39 is 5.97 Å². The second-order valence-corrected chi connectivity index (χ2v) is 6.42. The zero-order valence-electron chi connectivity index (χ0n) is 15.2. The molecule has 0 heterocycles. The molecule has 0 unspecified atom stereocenters. The van der Waals surface area contributed by atoms with E-state index in [1.165, 1.54) is 20.1 Å². The van der Waals surface area contributed by atoms with E-state index in [0.717, 1.165) is 0 Å². The second-order valence-electron chi connectivity index (χ2n) is 5.56. The molecular weight excluding hydrogens is 414 g/mol. The van der Waals surface area contributed by atoms with Crippen LogP contribution in [0.2, 0.25) is 0 Å². The van der Waals surface area contributed by atoms with Gasteiger partial charge in [-0.1, -0.05) is 0 Å². The molecule has 0 aliphatic rings. The molecule has 0 saturated heterocycles. The summed E-state index contributed by atoms with van der Waals surface area (Å²) in [6.45, 7) is 3.59. The van der Waals surface area contributed by atoms with Crippen molar-refractivity contribution in [1.82, 2.24) is 0 Å². The Morgan fingerprint density at radius 3 is 2.52 bits per heavy atom. The minimum atomic E-state index is -0.555. The highest BCUT2D eigenvalue weighted by Gasteiger charge is 2.18. The molecular formula is C20H18BrNO5. The van der Waals surface area contributed by atoms with Crippen LogP contribution in [0.1, 0.15) is 35.3 Å². The highest BCUT2D eigenvalue weighted by molar-refractivity contribution is 9.10. The summed E-state index contributed by atoms with van der Waals surface area (Å²) in [4.78, 5) is 24.1. The maximum Gasteiger partial charge on any atom is 0.315 e. The number of carbonyl (C=O) groups is 2. The van der Waals surface area contributed by atoms with Gasteiger partial charge < -0.3 is 14.2 Å². The van der Waals surface area contributed by atoms with Gasteiger partial charge in [-0.2, -0.15) is 5.26 Å². The van der Waals surface area contributed by atoms with Crippen molar-refractivity contribution in [3.63, 3.8) is 0 Å². The number of ether oxygens (including phenoxy) is 3. The largest absolute Gasteiger partial charge is 0.496 e. The van der Waals surface area contributed by atoms with E-state index in [1.54, 1.807) is 31.2 Å². The molecule has 140 valence electrons. The summed E-state index contributed by atoms with van der Waals surface area (Å²) in [7, 11) is 1.49. The van der Waals surface area contributed by atoms with Gasteiger partial charge in [0.25, 0.3) is 0 Å². The van der Waals surface area contributed by atoms with Crippen LogP contribution in [0.5, 0.6) is 17.2 Å². The number of Topliss-reactive ketones (excluding diaryl/α,β-unsaturated/α-hetero) is 1. The van der Waals surface area contributed by atoms with Crippen LogP contribution in [0.4, 0.5) is 0 Å². The van der Waals surface area contributed by atoms with Crippen molar-refractivity contribution in [3.05, 3.63) is 51.5 Å². The van der Waals surface area contributed by atoms with Crippen molar-refractivity contribution >= 4 is 27.7 Å². The van der Waals surface area contributed by atoms with E-state index >= 15 is 0 Å². The number of hydrogen-bond donors (Lipinski definition) is 0. The molecule has 0 spiro atoms. The highest BCUT2D eigenvalue weighted by atomic mass is 79.9. The van der Waals surface area contributed by atoms with Crippen LogP contribution < -0.4 is 14.2 Å². The molecule has 2 rings (SSSR count). The molecule has 0 fully saturated rings.